The molecule has 0 aliphatic carbocycles. The molecule has 0 bridgehead atoms. The maximum absolute atomic E-state index is 12.3. The van der Waals surface area contributed by atoms with Crippen LogP contribution in [0, 0.1) is 0 Å². The highest BCUT2D eigenvalue weighted by Crippen LogP contribution is 2.23. The number of nitrogens with zero attached hydrogens (tertiary/aromatic N) is 2. The molecule has 0 aromatic carbocycles. The summed E-state index contributed by atoms with van der Waals surface area (Å²) >= 11 is 0. The van der Waals surface area contributed by atoms with Gasteiger partial charge in [-0.15, -0.1) is 0 Å². The van der Waals surface area contributed by atoms with Crippen LogP contribution in [0.2, 0.25) is 0 Å². The van der Waals surface area contributed by atoms with Gasteiger partial charge in [0.2, 0.25) is 5.88 Å². The number of anilines is 1. The van der Waals surface area contributed by atoms with Crippen molar-refractivity contribution >= 4 is 11.8 Å². The number of ether oxygens (including phenoxy) is 2. The highest BCUT2D eigenvalue weighted by Gasteiger charge is 2.31. The summed E-state index contributed by atoms with van der Waals surface area (Å²) in [6.07, 6.45) is 3.58. The number of amides is 1. The second-order valence-electron chi connectivity index (χ2n) is 6.17. The molecular weight excluding hydrogens is 270 g/mol. The SMILES string of the molecule is CC(C)(C)OC(=O)N1CCCCC1Oc1ccc(N)cn1. The number of likely N-dealkylation sites (tertiary alicyclic amines) is 1. The van der Waals surface area contributed by atoms with Gasteiger partial charge in [0, 0.05) is 19.0 Å². The summed E-state index contributed by atoms with van der Waals surface area (Å²) in [6.45, 7) is 6.19. The van der Waals surface area contributed by atoms with E-state index in [0.29, 0.717) is 18.1 Å². The molecule has 1 aromatic rings. The Hall–Kier alpha value is -1.98. The third kappa shape index (κ3) is 4.51. The number of piperidine rings is 1. The van der Waals surface area contributed by atoms with Crippen molar-refractivity contribution in [3.05, 3.63) is 18.3 Å². The van der Waals surface area contributed by atoms with Crippen LogP contribution in [0.3, 0.4) is 0 Å². The van der Waals surface area contributed by atoms with Crippen molar-refractivity contribution in [1.82, 2.24) is 9.88 Å². The summed E-state index contributed by atoms with van der Waals surface area (Å²) in [7, 11) is 0. The van der Waals surface area contributed by atoms with E-state index in [1.165, 1.54) is 6.20 Å². The topological polar surface area (TPSA) is 77.7 Å². The second-order valence-corrected chi connectivity index (χ2v) is 6.17. The first-order valence-corrected chi connectivity index (χ1v) is 7.23. The molecule has 1 saturated heterocycles. The maximum Gasteiger partial charge on any atom is 0.413 e. The lowest BCUT2D eigenvalue weighted by Gasteiger charge is -2.36. The Morgan fingerprint density at radius 2 is 2.14 bits per heavy atom. The predicted octanol–water partition coefficient (Wildman–Crippen LogP) is 2.79. The molecule has 2 N–H and O–H groups in total. The summed E-state index contributed by atoms with van der Waals surface area (Å²) in [5.74, 6) is 0.463. The van der Waals surface area contributed by atoms with Crippen molar-refractivity contribution in [2.45, 2.75) is 51.9 Å². The lowest BCUT2D eigenvalue weighted by atomic mass is 10.1. The molecule has 2 rings (SSSR count). The van der Waals surface area contributed by atoms with E-state index in [-0.39, 0.29) is 12.3 Å². The molecule has 2 heterocycles. The number of nitrogen functional groups attached to an aromatic ring is 1. The van der Waals surface area contributed by atoms with Crippen LogP contribution in [-0.4, -0.2) is 34.4 Å². The normalized spacial score (nSPS) is 19.2. The number of hydrogen-bond donors (Lipinski definition) is 1. The highest BCUT2D eigenvalue weighted by atomic mass is 16.6. The molecular formula is C15H23N3O3. The van der Waals surface area contributed by atoms with Crippen molar-refractivity contribution in [1.29, 1.82) is 0 Å². The Kier molecular flexibility index (Phi) is 4.55. The van der Waals surface area contributed by atoms with Crippen LogP contribution in [0.4, 0.5) is 10.5 Å². The first-order valence-electron chi connectivity index (χ1n) is 7.23. The fraction of sp³-hybridized carbons (Fsp3) is 0.600. The van der Waals surface area contributed by atoms with Crippen LogP contribution >= 0.6 is 0 Å². The van der Waals surface area contributed by atoms with Crippen molar-refractivity contribution in [3.63, 3.8) is 0 Å². The first kappa shape index (κ1) is 15.4. The summed E-state index contributed by atoms with van der Waals surface area (Å²) in [4.78, 5) is 18.0. The number of hydrogen-bond acceptors (Lipinski definition) is 5. The second kappa shape index (κ2) is 6.20. The Bertz CT molecular complexity index is 482. The Balaban J connectivity index is 2.04. The largest absolute Gasteiger partial charge is 0.453 e. The van der Waals surface area contributed by atoms with Gasteiger partial charge in [0.1, 0.15) is 5.60 Å². The average molecular weight is 293 g/mol. The fourth-order valence-corrected chi connectivity index (χ4v) is 2.15. The summed E-state index contributed by atoms with van der Waals surface area (Å²) in [6, 6.07) is 3.43. The molecule has 1 fully saturated rings. The van der Waals surface area contributed by atoms with E-state index in [9.17, 15) is 4.79 Å². The molecule has 1 aromatic heterocycles. The molecule has 1 atom stereocenters. The minimum absolute atomic E-state index is 0.343. The molecule has 21 heavy (non-hydrogen) atoms. The Morgan fingerprint density at radius 3 is 2.76 bits per heavy atom. The highest BCUT2D eigenvalue weighted by molar-refractivity contribution is 5.68. The molecule has 6 heteroatoms. The van der Waals surface area contributed by atoms with E-state index in [1.807, 2.05) is 20.8 Å². The minimum atomic E-state index is -0.515. The molecule has 116 valence electrons. The van der Waals surface area contributed by atoms with E-state index in [1.54, 1.807) is 17.0 Å². The number of carbonyl (C=O) groups excluding carboxylic acids is 1. The van der Waals surface area contributed by atoms with Gasteiger partial charge in [0.05, 0.1) is 11.9 Å². The van der Waals surface area contributed by atoms with Crippen LogP contribution in [0.5, 0.6) is 5.88 Å². The van der Waals surface area contributed by atoms with Gasteiger partial charge in [-0.25, -0.2) is 9.78 Å². The average Bonchev–Trinajstić information content (AvgIpc) is 2.40. The number of rotatable bonds is 2. The van der Waals surface area contributed by atoms with Crippen LogP contribution in [0.1, 0.15) is 40.0 Å². The minimum Gasteiger partial charge on any atom is -0.453 e. The van der Waals surface area contributed by atoms with Gasteiger partial charge in [-0.05, 0) is 39.7 Å². The first-order chi connectivity index (χ1) is 9.85. The summed E-state index contributed by atoms with van der Waals surface area (Å²) in [5.41, 5.74) is 5.67. The quantitative estimate of drug-likeness (QED) is 0.907. The van der Waals surface area contributed by atoms with Gasteiger partial charge in [-0.1, -0.05) is 0 Å². The van der Waals surface area contributed by atoms with Gasteiger partial charge in [0.15, 0.2) is 6.23 Å². The van der Waals surface area contributed by atoms with Gasteiger partial charge in [-0.3, -0.25) is 4.90 Å². The molecule has 1 unspecified atom stereocenters. The molecule has 0 spiro atoms. The smallest absolute Gasteiger partial charge is 0.413 e. The lowest BCUT2D eigenvalue weighted by Crippen LogP contribution is -2.48. The summed E-state index contributed by atoms with van der Waals surface area (Å²) < 4.78 is 11.2. The third-order valence-corrected chi connectivity index (χ3v) is 3.09. The zero-order valence-corrected chi connectivity index (χ0v) is 12.8. The molecule has 0 radical (unpaired) electrons. The van der Waals surface area contributed by atoms with Crippen molar-refractivity contribution in [3.8, 4) is 5.88 Å². The van der Waals surface area contributed by atoms with E-state index >= 15 is 0 Å². The number of carbonyl (C=O) groups is 1. The van der Waals surface area contributed by atoms with Gasteiger partial charge in [-0.2, -0.15) is 0 Å². The Morgan fingerprint density at radius 1 is 1.38 bits per heavy atom. The van der Waals surface area contributed by atoms with Crippen LogP contribution in [0.25, 0.3) is 0 Å². The van der Waals surface area contributed by atoms with E-state index in [0.717, 1.165) is 19.3 Å². The van der Waals surface area contributed by atoms with E-state index in [4.69, 9.17) is 15.2 Å². The molecule has 6 nitrogen and oxygen atoms in total. The van der Waals surface area contributed by atoms with Gasteiger partial charge in [0.25, 0.3) is 0 Å². The van der Waals surface area contributed by atoms with Gasteiger partial charge >= 0.3 is 6.09 Å². The van der Waals surface area contributed by atoms with Gasteiger partial charge < -0.3 is 15.2 Å². The van der Waals surface area contributed by atoms with Crippen LogP contribution in [-0.2, 0) is 4.74 Å². The molecule has 0 saturated carbocycles. The molecule has 1 amide bonds. The zero-order chi connectivity index (χ0) is 15.5. The molecule has 1 aliphatic rings. The zero-order valence-electron chi connectivity index (χ0n) is 12.8. The van der Waals surface area contributed by atoms with Crippen molar-refractivity contribution < 1.29 is 14.3 Å². The Labute approximate surface area is 125 Å². The maximum atomic E-state index is 12.3. The van der Waals surface area contributed by atoms with E-state index in [2.05, 4.69) is 4.98 Å². The standard InChI is InChI=1S/C15H23N3O3/c1-15(2,3)21-14(19)18-9-5-4-6-13(18)20-12-8-7-11(16)10-17-12/h7-8,10,13H,4-6,9,16H2,1-3H3. The monoisotopic (exact) mass is 293 g/mol. The summed E-state index contributed by atoms with van der Waals surface area (Å²) in [5, 5.41) is 0. The van der Waals surface area contributed by atoms with E-state index < -0.39 is 5.60 Å². The lowest BCUT2D eigenvalue weighted by molar-refractivity contribution is -0.0355. The van der Waals surface area contributed by atoms with Crippen molar-refractivity contribution in [2.24, 2.45) is 0 Å². The molecule has 1 aliphatic heterocycles. The fourth-order valence-electron chi connectivity index (χ4n) is 2.15. The number of pyridine rings is 1. The van der Waals surface area contributed by atoms with Crippen LogP contribution < -0.4 is 10.5 Å². The van der Waals surface area contributed by atoms with Crippen molar-refractivity contribution in [2.75, 3.05) is 12.3 Å². The number of nitrogens with two attached hydrogens (primary N) is 1. The number of aromatic nitrogens is 1. The predicted molar refractivity (Wildman–Crippen MR) is 79.9 cm³/mol. The third-order valence-electron chi connectivity index (χ3n) is 3.09. The van der Waals surface area contributed by atoms with Crippen LogP contribution in [0.15, 0.2) is 18.3 Å².